The number of sulfone groups is 1. The van der Waals surface area contributed by atoms with Gasteiger partial charge >= 0.3 is 0 Å². The number of carbonyl (C=O) groups excluding carboxylic acids is 1. The fourth-order valence-electron chi connectivity index (χ4n) is 3.27. The van der Waals surface area contributed by atoms with Crippen molar-refractivity contribution in [3.63, 3.8) is 0 Å². The van der Waals surface area contributed by atoms with Gasteiger partial charge in [0.2, 0.25) is 5.91 Å². The number of hydrogen-bond donors (Lipinski definition) is 1. The first-order valence-electron chi connectivity index (χ1n) is 8.80. The second-order valence-corrected chi connectivity index (χ2v) is 9.17. The standard InChI is InChI=1S/C17H23N3O3S2/c21-16(18-13-7-4-2-1-3-5-8-13)11-12-25(22,23)15-10-6-9-14-17(15)20-24-19-14/h6,9-10,13H,1-5,7-8,11-12H2,(H,18,21). The van der Waals surface area contributed by atoms with Gasteiger partial charge < -0.3 is 5.32 Å². The second-order valence-electron chi connectivity index (χ2n) is 6.57. The smallest absolute Gasteiger partial charge is 0.221 e. The van der Waals surface area contributed by atoms with Crippen LogP contribution in [0.3, 0.4) is 0 Å². The van der Waals surface area contributed by atoms with E-state index in [0.717, 1.165) is 37.4 Å². The second kappa shape index (κ2) is 8.23. The van der Waals surface area contributed by atoms with Crippen molar-refractivity contribution in [2.24, 2.45) is 0 Å². The molecule has 1 aromatic carbocycles. The van der Waals surface area contributed by atoms with Crippen LogP contribution in [0.25, 0.3) is 11.0 Å². The Bertz CT molecular complexity index is 825. The fraction of sp³-hybridized carbons (Fsp3) is 0.588. The van der Waals surface area contributed by atoms with Crippen LogP contribution in [0.15, 0.2) is 23.1 Å². The molecular formula is C17H23N3O3S2. The molecule has 25 heavy (non-hydrogen) atoms. The number of nitrogens with one attached hydrogen (secondary N) is 1. The molecule has 1 aliphatic rings. The van der Waals surface area contributed by atoms with E-state index in [0.29, 0.717) is 11.0 Å². The van der Waals surface area contributed by atoms with Gasteiger partial charge in [0.05, 0.1) is 22.4 Å². The molecular weight excluding hydrogens is 358 g/mol. The molecule has 2 aromatic rings. The average molecular weight is 382 g/mol. The minimum atomic E-state index is -3.56. The van der Waals surface area contributed by atoms with Gasteiger partial charge in [-0.2, -0.15) is 8.75 Å². The van der Waals surface area contributed by atoms with Crippen LogP contribution in [0.2, 0.25) is 0 Å². The molecule has 1 aliphatic carbocycles. The molecule has 1 heterocycles. The lowest BCUT2D eigenvalue weighted by Crippen LogP contribution is -2.36. The van der Waals surface area contributed by atoms with Crippen LogP contribution in [-0.2, 0) is 14.6 Å². The van der Waals surface area contributed by atoms with Gasteiger partial charge in [0.25, 0.3) is 0 Å². The number of carbonyl (C=O) groups is 1. The maximum absolute atomic E-state index is 12.6. The predicted octanol–water partition coefficient (Wildman–Crippen LogP) is 3.08. The van der Waals surface area contributed by atoms with E-state index >= 15 is 0 Å². The third kappa shape index (κ3) is 4.76. The SMILES string of the molecule is O=C(CCS(=O)(=O)c1cccc2nsnc12)NC1CCCCCCC1. The number of hydrogen-bond acceptors (Lipinski definition) is 6. The molecule has 0 atom stereocenters. The number of nitrogens with zero attached hydrogens (tertiary/aromatic N) is 2. The molecule has 0 spiro atoms. The molecule has 8 heteroatoms. The van der Waals surface area contributed by atoms with Gasteiger partial charge in [-0.25, -0.2) is 8.42 Å². The topological polar surface area (TPSA) is 89.0 Å². The average Bonchev–Trinajstić information content (AvgIpc) is 3.04. The molecule has 0 radical (unpaired) electrons. The highest BCUT2D eigenvalue weighted by molar-refractivity contribution is 7.91. The van der Waals surface area contributed by atoms with Crippen molar-refractivity contribution in [3.05, 3.63) is 18.2 Å². The lowest BCUT2D eigenvalue weighted by Gasteiger charge is -2.21. The van der Waals surface area contributed by atoms with Crippen molar-refractivity contribution in [3.8, 4) is 0 Å². The molecule has 1 amide bonds. The van der Waals surface area contributed by atoms with Gasteiger partial charge in [-0.3, -0.25) is 4.79 Å². The molecule has 1 aromatic heterocycles. The maximum atomic E-state index is 12.6. The summed E-state index contributed by atoms with van der Waals surface area (Å²) in [6.07, 6.45) is 7.91. The summed E-state index contributed by atoms with van der Waals surface area (Å²) in [7, 11) is -3.56. The number of benzene rings is 1. The monoisotopic (exact) mass is 381 g/mol. The van der Waals surface area contributed by atoms with Crippen molar-refractivity contribution < 1.29 is 13.2 Å². The minimum Gasteiger partial charge on any atom is -0.353 e. The van der Waals surface area contributed by atoms with Crippen LogP contribution < -0.4 is 5.32 Å². The van der Waals surface area contributed by atoms with E-state index in [1.165, 1.54) is 25.3 Å². The summed E-state index contributed by atoms with van der Waals surface area (Å²) < 4.78 is 33.3. The lowest BCUT2D eigenvalue weighted by molar-refractivity contribution is -0.121. The summed E-state index contributed by atoms with van der Waals surface area (Å²) in [5, 5.41) is 3.01. The van der Waals surface area contributed by atoms with Crippen molar-refractivity contribution in [1.29, 1.82) is 0 Å². The molecule has 136 valence electrons. The normalized spacial score (nSPS) is 17.1. The zero-order chi connectivity index (χ0) is 17.7. The number of rotatable bonds is 5. The molecule has 0 saturated heterocycles. The molecule has 0 unspecified atom stereocenters. The Hall–Kier alpha value is -1.54. The maximum Gasteiger partial charge on any atom is 0.221 e. The Balaban J connectivity index is 1.60. The van der Waals surface area contributed by atoms with Crippen molar-refractivity contribution in [2.75, 3.05) is 5.75 Å². The third-order valence-electron chi connectivity index (χ3n) is 4.65. The molecule has 1 fully saturated rings. The molecule has 1 saturated carbocycles. The molecule has 3 rings (SSSR count). The van der Waals surface area contributed by atoms with Crippen molar-refractivity contribution >= 4 is 38.5 Å². The van der Waals surface area contributed by atoms with E-state index in [2.05, 4.69) is 14.1 Å². The Morgan fingerprint density at radius 1 is 1.12 bits per heavy atom. The summed E-state index contributed by atoms with van der Waals surface area (Å²) in [6, 6.07) is 5.11. The zero-order valence-corrected chi connectivity index (χ0v) is 15.7. The first-order valence-corrected chi connectivity index (χ1v) is 11.2. The Labute approximate surface area is 152 Å². The Morgan fingerprint density at radius 2 is 1.84 bits per heavy atom. The number of aromatic nitrogens is 2. The Kier molecular flexibility index (Phi) is 6.01. The van der Waals surface area contributed by atoms with Crippen LogP contribution in [-0.4, -0.2) is 34.9 Å². The summed E-state index contributed by atoms with van der Waals surface area (Å²) in [4.78, 5) is 12.4. The minimum absolute atomic E-state index is 0.0210. The molecule has 6 nitrogen and oxygen atoms in total. The van der Waals surface area contributed by atoms with Gasteiger partial charge in [-0.15, -0.1) is 0 Å². The van der Waals surface area contributed by atoms with E-state index in [1.807, 2.05) is 0 Å². The highest BCUT2D eigenvalue weighted by Gasteiger charge is 2.22. The third-order valence-corrected chi connectivity index (χ3v) is 6.94. The van der Waals surface area contributed by atoms with Crippen LogP contribution in [0.5, 0.6) is 0 Å². The Morgan fingerprint density at radius 3 is 2.60 bits per heavy atom. The van der Waals surface area contributed by atoms with Crippen molar-refractivity contribution in [1.82, 2.24) is 14.1 Å². The summed E-state index contributed by atoms with van der Waals surface area (Å²) >= 11 is 0.991. The van der Waals surface area contributed by atoms with Gasteiger partial charge in [0.15, 0.2) is 9.84 Å². The van der Waals surface area contributed by atoms with Gasteiger partial charge in [-0.05, 0) is 25.0 Å². The van der Waals surface area contributed by atoms with E-state index < -0.39 is 9.84 Å². The van der Waals surface area contributed by atoms with Gasteiger partial charge in [0.1, 0.15) is 11.0 Å². The van der Waals surface area contributed by atoms with Gasteiger partial charge in [0, 0.05) is 12.5 Å². The molecule has 0 aliphatic heterocycles. The van der Waals surface area contributed by atoms with E-state index in [-0.39, 0.29) is 29.0 Å². The van der Waals surface area contributed by atoms with E-state index in [9.17, 15) is 13.2 Å². The highest BCUT2D eigenvalue weighted by atomic mass is 32.2. The van der Waals surface area contributed by atoms with Crippen LogP contribution in [0.1, 0.15) is 51.4 Å². The number of amides is 1. The first kappa shape index (κ1) is 18.3. The van der Waals surface area contributed by atoms with Crippen LogP contribution >= 0.6 is 11.7 Å². The van der Waals surface area contributed by atoms with E-state index in [4.69, 9.17) is 0 Å². The largest absolute Gasteiger partial charge is 0.353 e. The first-order chi connectivity index (χ1) is 12.1. The molecule has 0 bridgehead atoms. The summed E-state index contributed by atoms with van der Waals surface area (Å²) in [5.74, 6) is -0.389. The molecule has 1 N–H and O–H groups in total. The van der Waals surface area contributed by atoms with Crippen LogP contribution in [0, 0.1) is 0 Å². The highest BCUT2D eigenvalue weighted by Crippen LogP contribution is 2.23. The summed E-state index contributed by atoms with van der Waals surface area (Å²) in [6.45, 7) is 0. The fourth-order valence-corrected chi connectivity index (χ4v) is 5.28. The van der Waals surface area contributed by atoms with Crippen molar-refractivity contribution in [2.45, 2.75) is 62.3 Å². The lowest BCUT2D eigenvalue weighted by atomic mass is 9.97. The number of fused-ring (bicyclic) bond motifs is 1. The zero-order valence-electron chi connectivity index (χ0n) is 14.1. The van der Waals surface area contributed by atoms with Gasteiger partial charge in [-0.1, -0.05) is 38.2 Å². The van der Waals surface area contributed by atoms with Crippen LogP contribution in [0.4, 0.5) is 0 Å². The summed E-state index contributed by atoms with van der Waals surface area (Å²) in [5.41, 5.74) is 0.970. The van der Waals surface area contributed by atoms with E-state index in [1.54, 1.807) is 12.1 Å². The predicted molar refractivity (Wildman–Crippen MR) is 98.3 cm³/mol. The quantitative estimate of drug-likeness (QED) is 0.860.